The van der Waals surface area contributed by atoms with E-state index in [2.05, 4.69) is 28.8 Å². The zero-order chi connectivity index (χ0) is 16.1. The molecule has 5 heteroatoms. The van der Waals surface area contributed by atoms with Crippen molar-refractivity contribution in [2.45, 2.75) is 25.4 Å². The zero-order valence-electron chi connectivity index (χ0n) is 12.8. The van der Waals surface area contributed by atoms with E-state index in [-0.39, 0.29) is 5.91 Å². The number of carbonyl (C=O) groups is 1. The zero-order valence-corrected chi connectivity index (χ0v) is 14.3. The van der Waals surface area contributed by atoms with Crippen molar-refractivity contribution in [1.29, 1.82) is 0 Å². The molecule has 0 spiro atoms. The molecule has 1 aliphatic rings. The summed E-state index contributed by atoms with van der Waals surface area (Å²) in [5.74, 6) is 1.35. The van der Waals surface area contributed by atoms with Crippen LogP contribution >= 0.6 is 23.4 Å². The van der Waals surface area contributed by atoms with Gasteiger partial charge in [-0.3, -0.25) is 4.79 Å². The molecule has 0 saturated carbocycles. The molecule has 0 aromatic heterocycles. The Bertz CT molecular complexity index is 688. The molecule has 3 nitrogen and oxygen atoms in total. The van der Waals surface area contributed by atoms with E-state index in [1.54, 1.807) is 11.8 Å². The summed E-state index contributed by atoms with van der Waals surface area (Å²) >= 11 is 7.47. The number of carbonyl (C=O) groups excluding carboxylic acids is 1. The molecule has 0 fully saturated rings. The van der Waals surface area contributed by atoms with Gasteiger partial charge in [-0.2, -0.15) is 0 Å². The predicted molar refractivity (Wildman–Crippen MR) is 96.4 cm³/mol. The van der Waals surface area contributed by atoms with Crippen molar-refractivity contribution in [2.24, 2.45) is 0 Å². The first-order valence-corrected chi connectivity index (χ1v) is 9.14. The van der Waals surface area contributed by atoms with Crippen LogP contribution in [0.4, 0.5) is 0 Å². The lowest BCUT2D eigenvalue weighted by Crippen LogP contribution is -2.24. The normalized spacial score (nSPS) is 12.9. The number of nitrogens with one attached hydrogen (secondary N) is 2. The molecule has 0 atom stereocenters. The summed E-state index contributed by atoms with van der Waals surface area (Å²) < 4.78 is 0. The number of amides is 1. The highest BCUT2D eigenvalue weighted by Gasteiger charge is 2.10. The molecular weight excluding hydrogens is 328 g/mol. The Morgan fingerprint density at radius 1 is 1.09 bits per heavy atom. The molecule has 0 radical (unpaired) electrons. The highest BCUT2D eigenvalue weighted by Crippen LogP contribution is 2.17. The van der Waals surface area contributed by atoms with Crippen LogP contribution in [0.2, 0.25) is 5.02 Å². The molecule has 1 amide bonds. The molecule has 23 heavy (non-hydrogen) atoms. The minimum Gasteiger partial charge on any atom is -0.351 e. The summed E-state index contributed by atoms with van der Waals surface area (Å²) in [5.41, 5.74) is 5.04. The van der Waals surface area contributed by atoms with Gasteiger partial charge in [-0.25, -0.2) is 0 Å². The van der Waals surface area contributed by atoms with Crippen LogP contribution < -0.4 is 10.6 Å². The van der Waals surface area contributed by atoms with Crippen molar-refractivity contribution in [1.82, 2.24) is 10.6 Å². The lowest BCUT2D eigenvalue weighted by molar-refractivity contribution is -0.118. The average Bonchev–Trinajstić information content (AvgIpc) is 3.02. The second-order valence-corrected chi connectivity index (χ2v) is 7.02. The van der Waals surface area contributed by atoms with Crippen molar-refractivity contribution in [3.05, 3.63) is 69.7 Å². The maximum absolute atomic E-state index is 11.9. The van der Waals surface area contributed by atoms with Gasteiger partial charge in [-0.1, -0.05) is 41.9 Å². The van der Waals surface area contributed by atoms with E-state index in [1.165, 1.54) is 16.7 Å². The number of hydrogen-bond acceptors (Lipinski definition) is 3. The molecule has 3 rings (SSSR count). The molecule has 2 aromatic rings. The first-order chi connectivity index (χ1) is 11.2. The van der Waals surface area contributed by atoms with E-state index >= 15 is 0 Å². The van der Waals surface area contributed by atoms with Crippen LogP contribution in [-0.4, -0.2) is 11.7 Å². The minimum absolute atomic E-state index is 0.0718. The van der Waals surface area contributed by atoms with Crippen LogP contribution in [0.3, 0.4) is 0 Å². The second kappa shape index (κ2) is 7.86. The highest BCUT2D eigenvalue weighted by molar-refractivity contribution is 7.99. The Hall–Kier alpha value is -1.49. The van der Waals surface area contributed by atoms with E-state index < -0.39 is 0 Å². The Labute approximate surface area is 145 Å². The average molecular weight is 347 g/mol. The summed E-state index contributed by atoms with van der Waals surface area (Å²) in [5, 5.41) is 7.05. The third-order valence-electron chi connectivity index (χ3n) is 3.81. The topological polar surface area (TPSA) is 41.1 Å². The summed E-state index contributed by atoms with van der Waals surface area (Å²) in [6.07, 6.45) is 0. The van der Waals surface area contributed by atoms with Crippen molar-refractivity contribution >= 4 is 29.3 Å². The molecule has 0 saturated heterocycles. The number of thioether (sulfide) groups is 1. The van der Waals surface area contributed by atoms with Crippen LogP contribution in [-0.2, 0) is 30.2 Å². The molecule has 0 aliphatic carbocycles. The van der Waals surface area contributed by atoms with Gasteiger partial charge in [0, 0.05) is 30.4 Å². The number of benzene rings is 2. The fraction of sp³-hybridized carbons (Fsp3) is 0.278. The first kappa shape index (κ1) is 16.4. The Kier molecular flexibility index (Phi) is 5.60. The SMILES string of the molecule is O=C(CSCc1ccc(Cl)cc1)NCc1ccc2c(c1)CNC2. The summed E-state index contributed by atoms with van der Waals surface area (Å²) in [4.78, 5) is 11.9. The van der Waals surface area contributed by atoms with Gasteiger partial charge in [-0.05, 0) is 34.4 Å². The smallest absolute Gasteiger partial charge is 0.230 e. The van der Waals surface area contributed by atoms with Gasteiger partial charge < -0.3 is 10.6 Å². The Balaban J connectivity index is 1.40. The lowest BCUT2D eigenvalue weighted by Gasteiger charge is -2.07. The van der Waals surface area contributed by atoms with E-state index in [1.807, 2.05) is 24.3 Å². The van der Waals surface area contributed by atoms with Gasteiger partial charge in [-0.15, -0.1) is 11.8 Å². The van der Waals surface area contributed by atoms with Gasteiger partial charge in [0.25, 0.3) is 0 Å². The fourth-order valence-electron chi connectivity index (χ4n) is 2.55. The van der Waals surface area contributed by atoms with Gasteiger partial charge in [0.15, 0.2) is 0 Å². The van der Waals surface area contributed by atoms with E-state index in [4.69, 9.17) is 11.6 Å². The van der Waals surface area contributed by atoms with Crippen molar-refractivity contribution < 1.29 is 4.79 Å². The van der Waals surface area contributed by atoms with Crippen LogP contribution in [0, 0.1) is 0 Å². The molecule has 2 N–H and O–H groups in total. The van der Waals surface area contributed by atoms with Gasteiger partial charge >= 0.3 is 0 Å². The third kappa shape index (κ3) is 4.74. The molecule has 0 bridgehead atoms. The van der Waals surface area contributed by atoms with E-state index in [0.717, 1.165) is 29.4 Å². The van der Waals surface area contributed by atoms with Crippen LogP contribution in [0.25, 0.3) is 0 Å². The quantitative estimate of drug-likeness (QED) is 0.841. The summed E-state index contributed by atoms with van der Waals surface area (Å²) in [6.45, 7) is 2.46. The van der Waals surface area contributed by atoms with Gasteiger partial charge in [0.05, 0.1) is 5.75 Å². The van der Waals surface area contributed by atoms with Gasteiger partial charge in [0.2, 0.25) is 5.91 Å². The maximum Gasteiger partial charge on any atom is 0.230 e. The van der Waals surface area contributed by atoms with Crippen LogP contribution in [0.1, 0.15) is 22.3 Å². The number of rotatable bonds is 6. The Morgan fingerprint density at radius 3 is 2.65 bits per heavy atom. The molecule has 1 heterocycles. The maximum atomic E-state index is 11.9. The van der Waals surface area contributed by atoms with E-state index in [0.29, 0.717) is 12.3 Å². The molecular formula is C18H19ClN2OS. The fourth-order valence-corrected chi connectivity index (χ4v) is 3.50. The first-order valence-electron chi connectivity index (χ1n) is 7.61. The van der Waals surface area contributed by atoms with Crippen molar-refractivity contribution in [3.63, 3.8) is 0 Å². The Morgan fingerprint density at radius 2 is 1.83 bits per heavy atom. The molecule has 1 aliphatic heterocycles. The second-order valence-electron chi connectivity index (χ2n) is 5.60. The third-order valence-corrected chi connectivity index (χ3v) is 5.06. The highest BCUT2D eigenvalue weighted by atomic mass is 35.5. The van der Waals surface area contributed by atoms with Crippen LogP contribution in [0.15, 0.2) is 42.5 Å². The van der Waals surface area contributed by atoms with Crippen molar-refractivity contribution in [2.75, 3.05) is 5.75 Å². The van der Waals surface area contributed by atoms with Crippen molar-refractivity contribution in [3.8, 4) is 0 Å². The summed E-state index contributed by atoms with van der Waals surface area (Å²) in [7, 11) is 0. The largest absolute Gasteiger partial charge is 0.351 e. The monoisotopic (exact) mass is 346 g/mol. The predicted octanol–water partition coefficient (Wildman–Crippen LogP) is 3.49. The molecule has 2 aromatic carbocycles. The molecule has 120 valence electrons. The van der Waals surface area contributed by atoms with Gasteiger partial charge in [0.1, 0.15) is 0 Å². The summed E-state index contributed by atoms with van der Waals surface area (Å²) in [6, 6.07) is 14.1. The number of fused-ring (bicyclic) bond motifs is 1. The number of halogens is 1. The minimum atomic E-state index is 0.0718. The van der Waals surface area contributed by atoms with Crippen LogP contribution in [0.5, 0.6) is 0 Å². The lowest BCUT2D eigenvalue weighted by atomic mass is 10.1. The standard InChI is InChI=1S/C18H19ClN2OS/c19-17-5-2-13(3-6-17)11-23-12-18(22)21-8-14-1-4-15-9-20-10-16(15)7-14/h1-7,20H,8-12H2,(H,21,22). The molecule has 0 unspecified atom stereocenters. The van der Waals surface area contributed by atoms with E-state index in [9.17, 15) is 4.79 Å². The number of hydrogen-bond donors (Lipinski definition) is 2.